The van der Waals surface area contributed by atoms with E-state index in [0.717, 1.165) is 0 Å². The van der Waals surface area contributed by atoms with Gasteiger partial charge in [0.25, 0.3) is 0 Å². The molecule has 7 atom stereocenters. The first-order valence-corrected chi connectivity index (χ1v) is 10.2. The molecule has 0 radical (unpaired) electrons. The summed E-state index contributed by atoms with van der Waals surface area (Å²) >= 11 is 0. The molecule has 0 unspecified atom stereocenters. The van der Waals surface area contributed by atoms with Crippen LogP contribution >= 0.6 is 0 Å². The first kappa shape index (κ1) is 27.9. The van der Waals surface area contributed by atoms with E-state index in [1.165, 1.54) is 7.11 Å². The number of hydrogen-bond acceptors (Lipinski definition) is 14. The van der Waals surface area contributed by atoms with Crippen molar-refractivity contribution in [2.45, 2.75) is 55.2 Å². The summed E-state index contributed by atoms with van der Waals surface area (Å²) in [6, 6.07) is -1.45. The fourth-order valence-electron chi connectivity index (χ4n) is 3.59. The number of nitrogens with one attached hydrogen (secondary N) is 1. The third-order valence-electron chi connectivity index (χ3n) is 5.37. The largest absolute Gasteiger partial charge is 0.493 e. The minimum Gasteiger partial charge on any atom is -0.493 e. The summed E-state index contributed by atoms with van der Waals surface area (Å²) < 4.78 is 15.2. The van der Waals surface area contributed by atoms with Crippen molar-refractivity contribution in [2.75, 3.05) is 33.5 Å². The van der Waals surface area contributed by atoms with Gasteiger partial charge in [-0.15, -0.1) is 0 Å². The second-order valence-electron chi connectivity index (χ2n) is 7.91. The second-order valence-corrected chi connectivity index (χ2v) is 7.91. The number of carboxylic acids is 1. The van der Waals surface area contributed by atoms with Crippen LogP contribution in [0.25, 0.3) is 0 Å². The van der Waals surface area contributed by atoms with Gasteiger partial charge in [-0.25, -0.2) is 4.79 Å². The monoisotopic (exact) mass is 494 g/mol. The minimum absolute atomic E-state index is 0.0153. The fourth-order valence-corrected chi connectivity index (χ4v) is 3.59. The lowest BCUT2D eigenvalue weighted by molar-refractivity contribution is -0.289. The molecule has 1 aliphatic carbocycles. The normalized spacial score (nSPS) is 34.0. The molecule has 15 nitrogen and oxygen atoms in total. The predicted molar refractivity (Wildman–Crippen MR) is 109 cm³/mol. The molecule has 2 rings (SSSR count). The van der Waals surface area contributed by atoms with E-state index in [1.807, 2.05) is 0 Å². The maximum absolute atomic E-state index is 12.4. The molecule has 2 aliphatic rings. The van der Waals surface area contributed by atoms with Gasteiger partial charge in [-0.05, 0) is 0 Å². The van der Waals surface area contributed by atoms with Crippen molar-refractivity contribution < 1.29 is 64.7 Å². The lowest BCUT2D eigenvalue weighted by Crippen LogP contribution is -2.59. The highest BCUT2D eigenvalue weighted by atomic mass is 16.7. The topological polar surface area (TPSA) is 248 Å². The Balaban J connectivity index is 2.24. The Morgan fingerprint density at radius 1 is 1.21 bits per heavy atom. The lowest BCUT2D eigenvalue weighted by atomic mass is 9.85. The molecule has 34 heavy (non-hydrogen) atoms. The molecule has 0 saturated carbocycles. The third kappa shape index (κ3) is 6.39. The average molecular weight is 494 g/mol. The number of hydrogen-bond donors (Lipinski definition) is 9. The summed E-state index contributed by atoms with van der Waals surface area (Å²) in [7, 11) is 1.23. The van der Waals surface area contributed by atoms with Gasteiger partial charge in [-0.1, -0.05) is 0 Å². The van der Waals surface area contributed by atoms with E-state index in [-0.39, 0.29) is 30.0 Å². The van der Waals surface area contributed by atoms with Crippen molar-refractivity contribution in [3.8, 4) is 0 Å². The zero-order chi connectivity index (χ0) is 25.6. The first-order chi connectivity index (χ1) is 16.0. The number of carbonyl (C=O) groups excluding carboxylic acids is 1. The highest BCUT2D eigenvalue weighted by Gasteiger charge is 2.46. The number of ether oxygens (including phenoxy) is 3. The maximum atomic E-state index is 12.4. The van der Waals surface area contributed by atoms with Crippen LogP contribution in [0.15, 0.2) is 16.4 Å². The van der Waals surface area contributed by atoms with Crippen LogP contribution in [-0.2, 0) is 23.8 Å². The molecular weight excluding hydrogens is 464 g/mol. The molecule has 1 saturated heterocycles. The minimum atomic E-state index is -1.80. The smallest absolute Gasteiger partial charge is 0.328 e. The van der Waals surface area contributed by atoms with Crippen molar-refractivity contribution in [1.82, 2.24) is 5.32 Å². The van der Waals surface area contributed by atoms with E-state index in [1.54, 1.807) is 0 Å². The van der Waals surface area contributed by atoms with E-state index >= 15 is 0 Å². The Bertz CT molecular complexity index is 801. The number of carbonyl (C=O) groups is 2. The van der Waals surface area contributed by atoms with Gasteiger partial charge in [0.15, 0.2) is 18.2 Å². The average Bonchev–Trinajstić information content (AvgIpc) is 2.80. The molecule has 9 N–H and O–H groups in total. The van der Waals surface area contributed by atoms with Gasteiger partial charge in [-0.2, -0.15) is 0 Å². The van der Waals surface area contributed by atoms with Crippen LogP contribution in [0.1, 0.15) is 12.8 Å². The van der Waals surface area contributed by atoms with Crippen molar-refractivity contribution in [3.63, 3.8) is 0 Å². The van der Waals surface area contributed by atoms with Gasteiger partial charge < -0.3 is 60.4 Å². The highest BCUT2D eigenvalue weighted by Crippen LogP contribution is 2.31. The number of allylic oxidation sites excluding steroid dienone is 1. The van der Waals surface area contributed by atoms with E-state index < -0.39 is 80.7 Å². The standard InChI is InChI=1S/C19H30N2O13/c1-32-15-8(2-19(31,7-24)3-9(15)21-10(5-22)17(28)29)20-4-12(25)34-16-11(6-23)33-18(30)14(27)13(16)26/h10-11,13-14,16,18,21-24,26-27,30-31H,2-7H2,1H3,(H,28,29)/t10-,11+,13+,14+,16+,18-,19+/m1/s1. The van der Waals surface area contributed by atoms with Gasteiger partial charge in [0.05, 0.1) is 43.9 Å². The van der Waals surface area contributed by atoms with E-state index in [9.17, 15) is 50.4 Å². The Kier molecular flexibility index (Phi) is 9.72. The molecule has 0 aromatic heterocycles. The molecule has 1 fully saturated rings. The number of esters is 1. The number of aliphatic carboxylic acids is 1. The Morgan fingerprint density at radius 3 is 2.41 bits per heavy atom. The Morgan fingerprint density at radius 2 is 1.88 bits per heavy atom. The molecule has 194 valence electrons. The number of rotatable bonds is 10. The van der Waals surface area contributed by atoms with Gasteiger partial charge in [0.1, 0.15) is 30.9 Å². The first-order valence-electron chi connectivity index (χ1n) is 10.2. The summed E-state index contributed by atoms with van der Waals surface area (Å²) in [5, 5.41) is 79.9. The summed E-state index contributed by atoms with van der Waals surface area (Å²) in [5.74, 6) is -2.44. The summed E-state index contributed by atoms with van der Waals surface area (Å²) in [5.41, 5.74) is -1.78. The lowest BCUT2D eigenvalue weighted by Gasteiger charge is -2.39. The molecule has 0 bridgehead atoms. The molecule has 1 heterocycles. The van der Waals surface area contributed by atoms with Crippen LogP contribution in [0.2, 0.25) is 0 Å². The van der Waals surface area contributed by atoms with Crippen LogP contribution in [-0.4, -0.2) is 134 Å². The van der Waals surface area contributed by atoms with E-state index in [0.29, 0.717) is 0 Å². The van der Waals surface area contributed by atoms with Crippen molar-refractivity contribution in [3.05, 3.63) is 11.5 Å². The summed E-state index contributed by atoms with van der Waals surface area (Å²) in [6.07, 6.45) is -8.73. The van der Waals surface area contributed by atoms with Crippen LogP contribution in [0.4, 0.5) is 0 Å². The van der Waals surface area contributed by atoms with Gasteiger partial charge >= 0.3 is 11.9 Å². The van der Waals surface area contributed by atoms with Crippen molar-refractivity contribution in [2.24, 2.45) is 4.99 Å². The molecule has 0 amide bonds. The van der Waals surface area contributed by atoms with Crippen LogP contribution in [0.5, 0.6) is 0 Å². The Hall–Kier alpha value is -2.37. The molecule has 0 aromatic carbocycles. The molecule has 0 aromatic rings. The summed E-state index contributed by atoms with van der Waals surface area (Å²) in [4.78, 5) is 27.6. The highest BCUT2D eigenvalue weighted by molar-refractivity contribution is 6.01. The third-order valence-corrected chi connectivity index (χ3v) is 5.37. The van der Waals surface area contributed by atoms with Crippen molar-refractivity contribution in [1.29, 1.82) is 0 Å². The zero-order valence-electron chi connectivity index (χ0n) is 18.3. The Labute approximate surface area is 193 Å². The summed E-state index contributed by atoms with van der Waals surface area (Å²) in [6.45, 7) is -2.96. The maximum Gasteiger partial charge on any atom is 0.328 e. The predicted octanol–water partition coefficient (Wildman–Crippen LogP) is -4.82. The van der Waals surface area contributed by atoms with Crippen LogP contribution < -0.4 is 5.32 Å². The van der Waals surface area contributed by atoms with Gasteiger partial charge in [-0.3, -0.25) is 9.79 Å². The van der Waals surface area contributed by atoms with E-state index in [2.05, 4.69) is 10.3 Å². The number of aliphatic hydroxyl groups is 7. The van der Waals surface area contributed by atoms with Crippen LogP contribution in [0.3, 0.4) is 0 Å². The number of carboxylic acid groups (broad SMARTS) is 1. The molecule has 15 heteroatoms. The zero-order valence-corrected chi connectivity index (χ0v) is 18.3. The van der Waals surface area contributed by atoms with Crippen LogP contribution in [0, 0.1) is 0 Å². The number of methoxy groups -OCH3 is 1. The molecule has 1 aliphatic heterocycles. The number of aliphatic imine (C=N–C) groups is 1. The van der Waals surface area contributed by atoms with Gasteiger partial charge in [0.2, 0.25) is 0 Å². The van der Waals surface area contributed by atoms with E-state index in [4.69, 9.17) is 14.2 Å². The second kappa shape index (κ2) is 11.9. The van der Waals surface area contributed by atoms with Crippen molar-refractivity contribution >= 4 is 17.7 Å². The SMILES string of the molecule is COC1=C(N[C@H](CO)C(=O)O)C[C@](O)(CO)CC1=NCC(=O)O[C@@H]1[C@@H](O)[C@H](O)[C@H](O)O[C@H]1CO. The fraction of sp³-hybridized carbons (Fsp3) is 0.737. The molecular formula is C19H30N2O13. The van der Waals surface area contributed by atoms with Gasteiger partial charge in [0, 0.05) is 12.8 Å². The quantitative estimate of drug-likeness (QED) is 0.129. The molecule has 0 spiro atoms. The number of aliphatic hydroxyl groups excluding tert-OH is 6. The number of nitrogens with zero attached hydrogens (tertiary/aromatic N) is 1.